The van der Waals surface area contributed by atoms with Gasteiger partial charge in [-0.25, -0.2) is 0 Å². The van der Waals surface area contributed by atoms with Crippen LogP contribution < -0.4 is 4.90 Å². The Morgan fingerprint density at radius 1 is 1.20 bits per heavy atom. The number of nitrogens with zero attached hydrogens (tertiary/aromatic N) is 1. The minimum absolute atomic E-state index is 0.124. The summed E-state index contributed by atoms with van der Waals surface area (Å²) in [4.78, 5) is 1.99. The molecular weight excluding hydrogens is 291 g/mol. The Kier molecular flexibility index (Phi) is 3.58. The standard InChI is InChI=1S/C14H15ClF3NO/c15-6-9-1-2-10(5-13(9)14(16,17)18)19-7-11-3-4-12(8-19)20-11/h1-2,5,11-12H,3-4,6-8H2. The molecule has 2 aliphatic heterocycles. The number of alkyl halides is 4. The zero-order valence-corrected chi connectivity index (χ0v) is 11.5. The van der Waals surface area contributed by atoms with E-state index in [-0.39, 0.29) is 23.7 Å². The van der Waals surface area contributed by atoms with Crippen molar-refractivity contribution in [1.82, 2.24) is 0 Å². The van der Waals surface area contributed by atoms with Crippen LogP contribution >= 0.6 is 11.6 Å². The van der Waals surface area contributed by atoms with Gasteiger partial charge >= 0.3 is 6.18 Å². The van der Waals surface area contributed by atoms with Gasteiger partial charge in [0, 0.05) is 24.7 Å². The lowest BCUT2D eigenvalue weighted by molar-refractivity contribution is -0.138. The van der Waals surface area contributed by atoms with Crippen molar-refractivity contribution in [2.45, 2.75) is 37.1 Å². The van der Waals surface area contributed by atoms with Gasteiger partial charge in [-0.1, -0.05) is 6.07 Å². The predicted octanol–water partition coefficient (Wildman–Crippen LogP) is 3.81. The molecule has 0 aromatic heterocycles. The minimum atomic E-state index is -4.37. The second-order valence-corrected chi connectivity index (χ2v) is 5.60. The fourth-order valence-electron chi connectivity index (χ4n) is 2.97. The Hall–Kier alpha value is -0.940. The number of rotatable bonds is 2. The molecule has 2 nitrogen and oxygen atoms in total. The molecule has 0 radical (unpaired) electrons. The van der Waals surface area contributed by atoms with Crippen molar-refractivity contribution < 1.29 is 17.9 Å². The number of halogens is 4. The van der Waals surface area contributed by atoms with Gasteiger partial charge in [-0.15, -0.1) is 11.6 Å². The number of anilines is 1. The average Bonchev–Trinajstić information content (AvgIpc) is 2.75. The number of hydrogen-bond donors (Lipinski definition) is 0. The quantitative estimate of drug-likeness (QED) is 0.770. The fraction of sp³-hybridized carbons (Fsp3) is 0.571. The van der Waals surface area contributed by atoms with Gasteiger partial charge in [0.2, 0.25) is 0 Å². The molecule has 2 saturated heterocycles. The van der Waals surface area contributed by atoms with Gasteiger partial charge in [-0.05, 0) is 30.5 Å². The van der Waals surface area contributed by atoms with Crippen LogP contribution in [0.3, 0.4) is 0 Å². The number of morpholine rings is 1. The van der Waals surface area contributed by atoms with Crippen LogP contribution in [0.5, 0.6) is 0 Å². The van der Waals surface area contributed by atoms with Gasteiger partial charge in [-0.2, -0.15) is 13.2 Å². The zero-order chi connectivity index (χ0) is 14.3. The molecule has 2 atom stereocenters. The third-order valence-electron chi connectivity index (χ3n) is 3.95. The molecular formula is C14H15ClF3NO. The van der Waals surface area contributed by atoms with E-state index in [0.29, 0.717) is 18.8 Å². The van der Waals surface area contributed by atoms with Crippen LogP contribution in [0.25, 0.3) is 0 Å². The molecule has 3 rings (SSSR count). The van der Waals surface area contributed by atoms with Crippen LogP contribution in [0, 0.1) is 0 Å². The third kappa shape index (κ3) is 2.61. The van der Waals surface area contributed by atoms with Crippen LogP contribution in [0.4, 0.5) is 18.9 Å². The first-order chi connectivity index (χ1) is 9.47. The Morgan fingerprint density at radius 3 is 2.40 bits per heavy atom. The largest absolute Gasteiger partial charge is 0.416 e. The Bertz CT molecular complexity index is 494. The molecule has 2 fully saturated rings. The monoisotopic (exact) mass is 305 g/mol. The summed E-state index contributed by atoms with van der Waals surface area (Å²) in [5, 5.41) is 0. The van der Waals surface area contributed by atoms with E-state index in [1.807, 2.05) is 4.90 Å². The van der Waals surface area contributed by atoms with Gasteiger partial charge in [0.25, 0.3) is 0 Å². The molecule has 6 heteroatoms. The van der Waals surface area contributed by atoms with Crippen molar-refractivity contribution in [3.05, 3.63) is 29.3 Å². The second kappa shape index (κ2) is 5.11. The molecule has 2 aliphatic rings. The second-order valence-electron chi connectivity index (χ2n) is 5.34. The maximum atomic E-state index is 13.0. The topological polar surface area (TPSA) is 12.5 Å². The van der Waals surface area contributed by atoms with Crippen LogP contribution in [0.15, 0.2) is 18.2 Å². The molecule has 20 heavy (non-hydrogen) atoms. The maximum Gasteiger partial charge on any atom is 0.416 e. The van der Waals surface area contributed by atoms with Gasteiger partial charge in [0.05, 0.1) is 17.8 Å². The molecule has 1 aromatic carbocycles. The molecule has 0 amide bonds. The highest BCUT2D eigenvalue weighted by molar-refractivity contribution is 6.17. The van der Waals surface area contributed by atoms with Crippen molar-refractivity contribution in [2.24, 2.45) is 0 Å². The van der Waals surface area contributed by atoms with E-state index in [9.17, 15) is 13.2 Å². The summed E-state index contributed by atoms with van der Waals surface area (Å²) in [5.74, 6) is -0.135. The Morgan fingerprint density at radius 2 is 1.85 bits per heavy atom. The normalized spacial score (nSPS) is 26.1. The lowest BCUT2D eigenvalue weighted by atomic mass is 10.1. The van der Waals surface area contributed by atoms with Gasteiger partial charge < -0.3 is 9.64 Å². The highest BCUT2D eigenvalue weighted by atomic mass is 35.5. The number of ether oxygens (including phenoxy) is 1. The van der Waals surface area contributed by atoms with E-state index in [4.69, 9.17) is 16.3 Å². The Balaban J connectivity index is 1.90. The summed E-state index contributed by atoms with van der Waals surface area (Å²) in [6.07, 6.45) is -2.09. The van der Waals surface area contributed by atoms with Crippen LogP contribution in [-0.2, 0) is 16.8 Å². The zero-order valence-electron chi connectivity index (χ0n) is 10.8. The maximum absolute atomic E-state index is 13.0. The lowest BCUT2D eigenvalue weighted by Crippen LogP contribution is -2.42. The van der Waals surface area contributed by atoms with Crippen molar-refractivity contribution in [2.75, 3.05) is 18.0 Å². The average molecular weight is 306 g/mol. The SMILES string of the molecule is FC(F)(F)c1cc(N2CC3CCC(C2)O3)ccc1CCl. The molecule has 2 bridgehead atoms. The molecule has 0 aliphatic carbocycles. The number of fused-ring (bicyclic) bond motifs is 2. The summed E-state index contributed by atoms with van der Waals surface area (Å²) in [6, 6.07) is 4.41. The molecule has 0 spiro atoms. The van der Waals surface area contributed by atoms with Gasteiger partial charge in [-0.3, -0.25) is 0 Å². The fourth-order valence-corrected chi connectivity index (χ4v) is 3.20. The highest BCUT2D eigenvalue weighted by Crippen LogP contribution is 2.37. The summed E-state index contributed by atoms with van der Waals surface area (Å²) >= 11 is 5.60. The summed E-state index contributed by atoms with van der Waals surface area (Å²) in [6.45, 7) is 1.32. The summed E-state index contributed by atoms with van der Waals surface area (Å²) < 4.78 is 44.8. The third-order valence-corrected chi connectivity index (χ3v) is 4.24. The van der Waals surface area contributed by atoms with E-state index in [2.05, 4.69) is 0 Å². The van der Waals surface area contributed by atoms with Crippen molar-refractivity contribution in [3.63, 3.8) is 0 Å². The van der Waals surface area contributed by atoms with Crippen LogP contribution in [0.2, 0.25) is 0 Å². The first-order valence-electron chi connectivity index (χ1n) is 6.64. The minimum Gasteiger partial charge on any atom is -0.371 e. The molecule has 2 unspecified atom stereocenters. The summed E-state index contributed by atoms with van der Waals surface area (Å²) in [5.41, 5.74) is 0.0920. The van der Waals surface area contributed by atoms with Crippen LogP contribution in [-0.4, -0.2) is 25.3 Å². The van der Waals surface area contributed by atoms with Crippen molar-refractivity contribution in [3.8, 4) is 0 Å². The number of hydrogen-bond acceptors (Lipinski definition) is 2. The van der Waals surface area contributed by atoms with E-state index >= 15 is 0 Å². The smallest absolute Gasteiger partial charge is 0.371 e. The van der Waals surface area contributed by atoms with E-state index in [0.717, 1.165) is 12.8 Å². The van der Waals surface area contributed by atoms with E-state index in [1.165, 1.54) is 12.1 Å². The lowest BCUT2D eigenvalue weighted by Gasteiger charge is -2.34. The molecule has 0 saturated carbocycles. The predicted molar refractivity (Wildman–Crippen MR) is 71.1 cm³/mol. The van der Waals surface area contributed by atoms with Crippen molar-refractivity contribution in [1.29, 1.82) is 0 Å². The first-order valence-corrected chi connectivity index (χ1v) is 7.17. The van der Waals surface area contributed by atoms with E-state index in [1.54, 1.807) is 6.07 Å². The van der Waals surface area contributed by atoms with E-state index < -0.39 is 11.7 Å². The van der Waals surface area contributed by atoms with Gasteiger partial charge in [0.15, 0.2) is 0 Å². The van der Waals surface area contributed by atoms with Crippen molar-refractivity contribution >= 4 is 17.3 Å². The summed E-state index contributed by atoms with van der Waals surface area (Å²) in [7, 11) is 0. The molecule has 0 N–H and O–H groups in total. The Labute approximate surface area is 120 Å². The first kappa shape index (κ1) is 14.0. The molecule has 1 aromatic rings. The molecule has 2 heterocycles. The number of benzene rings is 1. The van der Waals surface area contributed by atoms with Gasteiger partial charge in [0.1, 0.15) is 0 Å². The highest BCUT2D eigenvalue weighted by Gasteiger charge is 2.36. The van der Waals surface area contributed by atoms with Crippen LogP contribution in [0.1, 0.15) is 24.0 Å². The molecule has 110 valence electrons.